The van der Waals surface area contributed by atoms with Crippen LogP contribution >= 0.6 is 0 Å². The summed E-state index contributed by atoms with van der Waals surface area (Å²) < 4.78 is 0. The van der Waals surface area contributed by atoms with E-state index in [2.05, 4.69) is 28.9 Å². The van der Waals surface area contributed by atoms with E-state index < -0.39 is 0 Å². The van der Waals surface area contributed by atoms with Crippen LogP contribution in [0.3, 0.4) is 0 Å². The van der Waals surface area contributed by atoms with Gasteiger partial charge < -0.3 is 0 Å². The Bertz CT molecular complexity index is 91.6. The minimum absolute atomic E-state index is 0.475. The molecule has 0 fully saturated rings. The molecule has 0 saturated carbocycles. The van der Waals surface area contributed by atoms with E-state index in [0.717, 1.165) is 0 Å². The predicted octanol–water partition coefficient (Wildman–Crippen LogP) is -0.717. The molecule has 0 heterocycles. The van der Waals surface area contributed by atoms with Gasteiger partial charge in [-0.25, -0.2) is 0 Å². The fourth-order valence-corrected chi connectivity index (χ4v) is 0.115. The van der Waals surface area contributed by atoms with Gasteiger partial charge >= 0.3 is 0 Å². The first-order valence-corrected chi connectivity index (χ1v) is 1.72. The van der Waals surface area contributed by atoms with Gasteiger partial charge in [-0.15, -0.1) is 5.10 Å². The topological polar surface area (TPSA) is 35.3 Å². The van der Waals surface area contributed by atoms with E-state index in [-0.39, 0.29) is 0 Å². The van der Waals surface area contributed by atoms with E-state index in [0.29, 0.717) is 5.12 Å². The molecule has 1 unspecified atom stereocenters. The molecule has 0 spiro atoms. The lowest BCUT2D eigenvalue weighted by molar-refractivity contribution is -0.844. The van der Waals surface area contributed by atoms with E-state index in [1.54, 1.807) is 7.05 Å². The van der Waals surface area contributed by atoms with Crippen LogP contribution in [-0.4, -0.2) is 13.8 Å². The standard InChI is InChI=1S/C3H7N4/c1-4-6-7(3)5-2/h1,7H,2H2,3H3/q+1. The van der Waals surface area contributed by atoms with Crippen LogP contribution in [0, 0.1) is 6.57 Å². The smallest absolute Gasteiger partial charge is 0.190 e. The van der Waals surface area contributed by atoms with Crippen molar-refractivity contribution in [2.75, 3.05) is 7.05 Å². The van der Waals surface area contributed by atoms with Crippen LogP contribution in [0.5, 0.6) is 0 Å². The first-order chi connectivity index (χ1) is 3.31. The summed E-state index contributed by atoms with van der Waals surface area (Å²) in [5, 5.41) is 3.88. The van der Waals surface area contributed by atoms with Crippen LogP contribution in [0.1, 0.15) is 0 Å². The van der Waals surface area contributed by atoms with Gasteiger partial charge in [-0.05, 0) is 0 Å². The van der Waals surface area contributed by atoms with Crippen LogP contribution < -0.4 is 5.12 Å². The highest BCUT2D eigenvalue weighted by Crippen LogP contribution is 1.63. The SMILES string of the molecule is C#[N+][N-][NH+](C)N=C. The van der Waals surface area contributed by atoms with E-state index in [9.17, 15) is 0 Å². The summed E-state index contributed by atoms with van der Waals surface area (Å²) in [5.74, 6) is 0. The Labute approximate surface area is 42.2 Å². The lowest BCUT2D eigenvalue weighted by Gasteiger charge is -2.00. The van der Waals surface area contributed by atoms with Gasteiger partial charge in [0.1, 0.15) is 0 Å². The first-order valence-electron chi connectivity index (χ1n) is 1.72. The van der Waals surface area contributed by atoms with E-state index >= 15 is 0 Å². The molecular weight excluding hydrogens is 92.1 g/mol. The normalized spacial score (nSPS) is 11.4. The van der Waals surface area contributed by atoms with Crippen LogP contribution in [0.2, 0.25) is 0 Å². The number of nitrogens with one attached hydrogen (secondary N) is 1. The van der Waals surface area contributed by atoms with Gasteiger partial charge in [0.15, 0.2) is 0 Å². The van der Waals surface area contributed by atoms with Crippen molar-refractivity contribution >= 4 is 6.72 Å². The van der Waals surface area contributed by atoms with Crippen molar-refractivity contribution in [3.63, 3.8) is 0 Å². The van der Waals surface area contributed by atoms with Crippen molar-refractivity contribution in [2.24, 2.45) is 5.10 Å². The summed E-state index contributed by atoms with van der Waals surface area (Å²) in [6, 6.07) is 0. The molecule has 4 heteroatoms. The van der Waals surface area contributed by atoms with Crippen molar-refractivity contribution < 1.29 is 5.12 Å². The van der Waals surface area contributed by atoms with Gasteiger partial charge in [-0.3, -0.25) is 0 Å². The zero-order valence-electron chi connectivity index (χ0n) is 4.13. The van der Waals surface area contributed by atoms with Crippen LogP contribution in [0.25, 0.3) is 10.5 Å². The lowest BCUT2D eigenvalue weighted by atomic mass is 11.4. The molecule has 0 rings (SSSR count). The summed E-state index contributed by atoms with van der Waals surface area (Å²) in [4.78, 5) is 2.96. The second-order valence-corrected chi connectivity index (χ2v) is 0.921. The molecule has 0 aromatic carbocycles. The third-order valence-corrected chi connectivity index (χ3v) is 0.431. The molecule has 0 aliphatic heterocycles. The van der Waals surface area contributed by atoms with Crippen molar-refractivity contribution in [1.82, 2.24) is 0 Å². The van der Waals surface area contributed by atoms with Gasteiger partial charge in [0.25, 0.3) is 6.57 Å². The third-order valence-electron chi connectivity index (χ3n) is 0.431. The molecule has 0 aromatic heterocycles. The zero-order valence-corrected chi connectivity index (χ0v) is 4.13. The molecule has 0 amide bonds. The second kappa shape index (κ2) is 3.12. The molecule has 0 aromatic rings. The fraction of sp³-hybridized carbons (Fsp3) is 0.333. The number of nitrogens with zero attached hydrogens (tertiary/aromatic N) is 3. The largest absolute Gasteiger partial charge is 0.261 e. The average molecular weight is 99.1 g/mol. The van der Waals surface area contributed by atoms with E-state index in [1.807, 2.05) is 0 Å². The van der Waals surface area contributed by atoms with Gasteiger partial charge in [0, 0.05) is 6.72 Å². The van der Waals surface area contributed by atoms with Crippen LogP contribution in [0.15, 0.2) is 5.10 Å². The molecule has 0 radical (unpaired) electrons. The fourth-order valence-electron chi connectivity index (χ4n) is 0.115. The molecule has 1 N–H and O–H groups in total. The Kier molecular flexibility index (Phi) is 2.64. The lowest BCUT2D eigenvalue weighted by Crippen LogP contribution is -2.98. The van der Waals surface area contributed by atoms with Gasteiger partial charge in [0.05, 0.1) is 7.05 Å². The van der Waals surface area contributed by atoms with Crippen molar-refractivity contribution in [2.45, 2.75) is 0 Å². The van der Waals surface area contributed by atoms with Crippen molar-refractivity contribution in [3.8, 4) is 6.57 Å². The first kappa shape index (κ1) is 5.92. The predicted molar refractivity (Wildman–Crippen MR) is 28.1 cm³/mol. The summed E-state index contributed by atoms with van der Waals surface area (Å²) in [5.41, 5.74) is 3.33. The Morgan fingerprint density at radius 1 is 2.00 bits per heavy atom. The molecular formula is C3H7N4+. The summed E-state index contributed by atoms with van der Waals surface area (Å²) in [6.45, 7) is 7.84. The van der Waals surface area contributed by atoms with Crippen LogP contribution in [0.4, 0.5) is 0 Å². The van der Waals surface area contributed by atoms with E-state index in [4.69, 9.17) is 0 Å². The van der Waals surface area contributed by atoms with Gasteiger partial charge in [-0.1, -0.05) is 10.5 Å². The molecule has 38 valence electrons. The minimum Gasteiger partial charge on any atom is -0.190 e. The summed E-state index contributed by atoms with van der Waals surface area (Å²) in [7, 11) is 1.66. The van der Waals surface area contributed by atoms with E-state index in [1.165, 1.54) is 0 Å². The van der Waals surface area contributed by atoms with Crippen LogP contribution in [-0.2, 0) is 0 Å². The highest BCUT2D eigenvalue weighted by atomic mass is 15.8. The van der Waals surface area contributed by atoms with Gasteiger partial charge in [0.2, 0.25) is 0 Å². The minimum atomic E-state index is 0.475. The average Bonchev–Trinajstić information content (AvgIpc) is 1.68. The molecule has 4 nitrogen and oxygen atoms in total. The maximum atomic E-state index is 4.65. The zero-order chi connectivity index (χ0) is 5.70. The Hall–Kier alpha value is -1.08. The molecule has 0 aliphatic carbocycles. The molecule has 0 aliphatic rings. The molecule has 0 saturated heterocycles. The summed E-state index contributed by atoms with van der Waals surface area (Å²) >= 11 is 0. The number of hydrogen-bond acceptors (Lipinski definition) is 1. The molecule has 0 bridgehead atoms. The van der Waals surface area contributed by atoms with Gasteiger partial charge in [-0.2, -0.15) is 5.12 Å². The maximum absolute atomic E-state index is 4.65. The Balaban J connectivity index is 3.21. The quantitative estimate of drug-likeness (QED) is 0.350. The third kappa shape index (κ3) is 2.73. The number of rotatable bonds is 2. The Morgan fingerprint density at radius 3 is 2.71 bits per heavy atom. The van der Waals surface area contributed by atoms with Crippen molar-refractivity contribution in [3.05, 3.63) is 10.5 Å². The number of hydrogen-bond donors (Lipinski definition) is 1. The monoisotopic (exact) mass is 99.1 g/mol. The number of quaternary nitrogens is 1. The summed E-state index contributed by atoms with van der Waals surface area (Å²) in [6.07, 6.45) is 0. The highest BCUT2D eigenvalue weighted by Gasteiger charge is 1.80. The van der Waals surface area contributed by atoms with Crippen molar-refractivity contribution in [1.29, 1.82) is 0 Å². The Morgan fingerprint density at radius 2 is 2.57 bits per heavy atom. The second-order valence-electron chi connectivity index (χ2n) is 0.921. The maximum Gasteiger partial charge on any atom is 0.261 e. The highest BCUT2D eigenvalue weighted by molar-refractivity contribution is 5.21. The molecule has 7 heavy (non-hydrogen) atoms. The molecule has 1 atom stereocenters.